The van der Waals surface area contributed by atoms with Crippen LogP contribution in [0.5, 0.6) is 0 Å². The van der Waals surface area contributed by atoms with E-state index >= 15 is 0 Å². The molecule has 0 aromatic carbocycles. The lowest BCUT2D eigenvalue weighted by Gasteiger charge is -2.09. The second-order valence-electron chi connectivity index (χ2n) is 1.11. The highest BCUT2D eigenvalue weighted by Gasteiger charge is 1.87. The lowest BCUT2D eigenvalue weighted by Crippen LogP contribution is -2.34. The molecule has 0 heterocycles. The van der Waals surface area contributed by atoms with Gasteiger partial charge in [0.25, 0.3) is 0 Å². The normalized spacial score (nSPS) is 10.3. The predicted molar refractivity (Wildman–Crippen MR) is 27.0 cm³/mol. The van der Waals surface area contributed by atoms with Crippen molar-refractivity contribution in [1.29, 1.82) is 0 Å². The Morgan fingerprint density at radius 1 is 1.71 bits per heavy atom. The maximum atomic E-state index is 5.11. The molecule has 0 amide bonds. The lowest BCUT2D eigenvalue weighted by molar-refractivity contribution is -0.131. The molecule has 0 radical (unpaired) electrons. The molecular weight excluding hydrogens is 94.1 g/mol. The van der Waals surface area contributed by atoms with Gasteiger partial charge in [-0.25, -0.2) is 5.84 Å². The largest absolute Gasteiger partial charge is 0.329 e. The van der Waals surface area contributed by atoms with Gasteiger partial charge in [0.1, 0.15) is 0 Å². The summed E-state index contributed by atoms with van der Waals surface area (Å²) in [5.41, 5.74) is 5.10. The van der Waals surface area contributed by atoms with Gasteiger partial charge >= 0.3 is 0 Å². The fourth-order valence-electron chi connectivity index (χ4n) is 0.219. The molecule has 4 heteroatoms. The molecule has 0 aromatic rings. The second kappa shape index (κ2) is 4.01. The second-order valence-corrected chi connectivity index (χ2v) is 1.11. The minimum Gasteiger partial charge on any atom is -0.329 e. The fourth-order valence-corrected chi connectivity index (χ4v) is 0.219. The maximum absolute atomic E-state index is 5.11. The predicted octanol–water partition coefficient (Wildman–Crippen LogP) is -1.32. The number of nitrogens with zero attached hydrogens (tertiary/aromatic N) is 1. The van der Waals surface area contributed by atoms with Crippen LogP contribution in [0.2, 0.25) is 0 Å². The molecule has 44 valence electrons. The lowest BCUT2D eigenvalue weighted by atomic mass is 10.7. The van der Waals surface area contributed by atoms with Crippen LogP contribution in [0.3, 0.4) is 0 Å². The van der Waals surface area contributed by atoms with E-state index in [2.05, 4.69) is 4.84 Å². The zero-order chi connectivity index (χ0) is 5.70. The average Bonchev–Trinajstić information content (AvgIpc) is 1.68. The summed E-state index contributed by atoms with van der Waals surface area (Å²) in [6, 6.07) is 0. The zero-order valence-corrected chi connectivity index (χ0v) is 4.42. The minimum absolute atomic E-state index is 0.518. The summed E-state index contributed by atoms with van der Waals surface area (Å²) in [4.78, 5) is 4.52. The average molecular weight is 105 g/mol. The van der Waals surface area contributed by atoms with Gasteiger partial charge in [0.15, 0.2) is 0 Å². The molecule has 0 aliphatic heterocycles. The molecule has 0 aliphatic carbocycles. The van der Waals surface area contributed by atoms with Crippen LogP contribution in [0.1, 0.15) is 0 Å². The highest BCUT2D eigenvalue weighted by Crippen LogP contribution is 1.69. The molecule has 0 saturated heterocycles. The van der Waals surface area contributed by atoms with Crippen molar-refractivity contribution in [3.63, 3.8) is 0 Å². The Morgan fingerprint density at radius 2 is 2.29 bits per heavy atom. The van der Waals surface area contributed by atoms with Crippen LogP contribution in [0.15, 0.2) is 0 Å². The molecule has 0 atom stereocenters. The maximum Gasteiger partial charge on any atom is 0.0591 e. The van der Waals surface area contributed by atoms with Gasteiger partial charge in [-0.2, -0.15) is 0 Å². The third kappa shape index (κ3) is 3.68. The molecule has 4 N–H and O–H groups in total. The van der Waals surface area contributed by atoms with E-state index in [0.29, 0.717) is 13.1 Å². The summed E-state index contributed by atoms with van der Waals surface area (Å²) in [6.45, 7) is 1.08. The summed E-state index contributed by atoms with van der Waals surface area (Å²) < 4.78 is 0. The van der Waals surface area contributed by atoms with Crippen LogP contribution >= 0.6 is 0 Å². The molecule has 0 saturated carbocycles. The van der Waals surface area contributed by atoms with Gasteiger partial charge in [0.2, 0.25) is 0 Å². The van der Waals surface area contributed by atoms with Crippen molar-refractivity contribution < 1.29 is 4.84 Å². The van der Waals surface area contributed by atoms with E-state index in [4.69, 9.17) is 11.6 Å². The summed E-state index contributed by atoms with van der Waals surface area (Å²) in [6.07, 6.45) is 0. The van der Waals surface area contributed by atoms with Crippen LogP contribution in [0, 0.1) is 0 Å². The third-order valence-electron chi connectivity index (χ3n) is 0.584. The van der Waals surface area contributed by atoms with Gasteiger partial charge in [0.05, 0.1) is 13.7 Å². The SMILES string of the molecule is CON(N)CCN. The van der Waals surface area contributed by atoms with Crippen molar-refractivity contribution in [2.45, 2.75) is 0 Å². The molecule has 0 fully saturated rings. The molecule has 0 rings (SSSR count). The smallest absolute Gasteiger partial charge is 0.0591 e. The molecule has 0 unspecified atom stereocenters. The van der Waals surface area contributed by atoms with Crippen LogP contribution in [-0.4, -0.2) is 25.4 Å². The minimum atomic E-state index is 0.518. The van der Waals surface area contributed by atoms with Crippen molar-refractivity contribution in [3.8, 4) is 0 Å². The summed E-state index contributed by atoms with van der Waals surface area (Å²) in [5, 5.41) is 1.18. The molecule has 0 spiro atoms. The first-order chi connectivity index (χ1) is 3.31. The van der Waals surface area contributed by atoms with Gasteiger partial charge in [-0.1, -0.05) is 0 Å². The van der Waals surface area contributed by atoms with Gasteiger partial charge in [0, 0.05) is 6.54 Å². The summed E-state index contributed by atoms with van der Waals surface area (Å²) >= 11 is 0. The summed E-state index contributed by atoms with van der Waals surface area (Å²) in [5.74, 6) is 5.11. The van der Waals surface area contributed by atoms with Crippen molar-refractivity contribution in [3.05, 3.63) is 0 Å². The quantitative estimate of drug-likeness (QED) is 0.345. The molecule has 0 aliphatic rings. The van der Waals surface area contributed by atoms with E-state index in [9.17, 15) is 0 Å². The van der Waals surface area contributed by atoms with Crippen LogP contribution in [-0.2, 0) is 4.84 Å². The monoisotopic (exact) mass is 105 g/mol. The molecule has 4 nitrogen and oxygen atoms in total. The number of rotatable bonds is 3. The van der Waals surface area contributed by atoms with Crippen molar-refractivity contribution in [2.75, 3.05) is 20.2 Å². The fraction of sp³-hybridized carbons (Fsp3) is 1.00. The van der Waals surface area contributed by atoms with Crippen LogP contribution < -0.4 is 11.6 Å². The van der Waals surface area contributed by atoms with E-state index in [1.807, 2.05) is 0 Å². The first kappa shape index (κ1) is 6.84. The molecule has 0 aromatic heterocycles. The van der Waals surface area contributed by atoms with E-state index < -0.39 is 0 Å². The Hall–Kier alpha value is -0.160. The number of hydrogen-bond donors (Lipinski definition) is 2. The highest BCUT2D eigenvalue weighted by molar-refractivity contribution is 4.31. The van der Waals surface area contributed by atoms with Gasteiger partial charge in [-0.05, 0) is 0 Å². The van der Waals surface area contributed by atoms with Gasteiger partial charge in [-0.3, -0.25) is 4.84 Å². The van der Waals surface area contributed by atoms with E-state index in [1.165, 1.54) is 12.3 Å². The molecule has 0 bridgehead atoms. The Labute approximate surface area is 42.9 Å². The van der Waals surface area contributed by atoms with Crippen molar-refractivity contribution in [1.82, 2.24) is 5.17 Å². The van der Waals surface area contributed by atoms with Crippen LogP contribution in [0.4, 0.5) is 0 Å². The van der Waals surface area contributed by atoms with Crippen molar-refractivity contribution in [2.24, 2.45) is 11.6 Å². The van der Waals surface area contributed by atoms with Crippen LogP contribution in [0.25, 0.3) is 0 Å². The third-order valence-corrected chi connectivity index (χ3v) is 0.584. The topological polar surface area (TPSA) is 64.5 Å². The molecule has 7 heavy (non-hydrogen) atoms. The Balaban J connectivity index is 2.83. The highest BCUT2D eigenvalue weighted by atomic mass is 16.7. The Morgan fingerprint density at radius 3 is 2.43 bits per heavy atom. The summed E-state index contributed by atoms with van der Waals surface area (Å²) in [7, 11) is 1.50. The van der Waals surface area contributed by atoms with E-state index in [0.717, 1.165) is 0 Å². The Bertz CT molecular complexity index is 41.2. The number of nitrogens with two attached hydrogens (primary N) is 2. The zero-order valence-electron chi connectivity index (χ0n) is 4.42. The number of hydrazine groups is 1. The van der Waals surface area contributed by atoms with Gasteiger partial charge < -0.3 is 5.73 Å². The number of hydrogen-bond acceptors (Lipinski definition) is 4. The first-order valence-electron chi connectivity index (χ1n) is 2.07. The van der Waals surface area contributed by atoms with E-state index in [1.54, 1.807) is 0 Å². The van der Waals surface area contributed by atoms with Crippen molar-refractivity contribution >= 4 is 0 Å². The first-order valence-corrected chi connectivity index (χ1v) is 2.07. The van der Waals surface area contributed by atoms with E-state index in [-0.39, 0.29) is 0 Å². The molecular formula is C3H11N3O. The Kier molecular flexibility index (Phi) is 3.92. The standard InChI is InChI=1S/C3H11N3O/c1-7-6(5)3-2-4/h2-5H2,1H3. The number of hydroxylamine groups is 1. The van der Waals surface area contributed by atoms with Gasteiger partial charge in [-0.15, -0.1) is 5.17 Å².